The van der Waals surface area contributed by atoms with E-state index in [0.717, 1.165) is 11.3 Å². The second kappa shape index (κ2) is 7.51. The molecule has 6 nitrogen and oxygen atoms in total. The van der Waals surface area contributed by atoms with Crippen LogP contribution in [0.5, 0.6) is 5.75 Å². The van der Waals surface area contributed by atoms with Gasteiger partial charge in [-0.3, -0.25) is 0 Å². The topological polar surface area (TPSA) is 73.9 Å². The Balaban J connectivity index is 2.43. The second-order valence-electron chi connectivity index (χ2n) is 5.01. The van der Waals surface area contributed by atoms with E-state index in [-0.39, 0.29) is 13.2 Å². The Labute approximate surface area is 132 Å². The average Bonchev–Trinajstić information content (AvgIpc) is 2.73. The highest BCUT2D eigenvalue weighted by Crippen LogP contribution is 2.33. The number of halogens is 1. The van der Waals surface area contributed by atoms with Gasteiger partial charge in [-0.25, -0.2) is 9.59 Å². The van der Waals surface area contributed by atoms with Crippen LogP contribution in [-0.2, 0) is 9.47 Å². The molecular formula is C13H18ClNO5S. The smallest absolute Gasteiger partial charge is 0.407 e. The number of carbonyl (C=O) groups excluding carboxylic acids is 2. The number of hydrogen-bond acceptors (Lipinski definition) is 6. The van der Waals surface area contributed by atoms with Crippen LogP contribution in [0.4, 0.5) is 4.79 Å². The van der Waals surface area contributed by atoms with Crippen LogP contribution in [0, 0.1) is 0 Å². The molecule has 1 heterocycles. The van der Waals surface area contributed by atoms with Gasteiger partial charge in [0.2, 0.25) is 0 Å². The van der Waals surface area contributed by atoms with Gasteiger partial charge in [-0.15, -0.1) is 11.3 Å². The molecular weight excluding hydrogens is 318 g/mol. The largest absolute Gasteiger partial charge is 0.490 e. The molecule has 8 heteroatoms. The lowest BCUT2D eigenvalue weighted by atomic mass is 10.2. The van der Waals surface area contributed by atoms with E-state index in [1.54, 1.807) is 20.8 Å². The molecule has 0 bridgehead atoms. The number of hydrogen-bond donors (Lipinski definition) is 1. The van der Waals surface area contributed by atoms with Crippen molar-refractivity contribution in [2.75, 3.05) is 20.3 Å². The summed E-state index contributed by atoms with van der Waals surface area (Å²) in [5, 5.41) is 2.55. The summed E-state index contributed by atoms with van der Waals surface area (Å²) in [7, 11) is 1.28. The molecule has 0 aliphatic carbocycles. The van der Waals surface area contributed by atoms with Crippen molar-refractivity contribution in [3.05, 3.63) is 15.3 Å². The number of ether oxygens (including phenoxy) is 3. The minimum absolute atomic E-state index is 0.177. The van der Waals surface area contributed by atoms with Crippen LogP contribution in [0.15, 0.2) is 6.07 Å². The SMILES string of the molecule is COC(=O)c1sc(Cl)cc1OCCNC(=O)OC(C)(C)C. The highest BCUT2D eigenvalue weighted by atomic mass is 35.5. The van der Waals surface area contributed by atoms with E-state index >= 15 is 0 Å². The predicted octanol–water partition coefficient (Wildman–Crippen LogP) is 3.09. The Morgan fingerprint density at radius 3 is 2.62 bits per heavy atom. The van der Waals surface area contributed by atoms with Gasteiger partial charge in [0, 0.05) is 6.07 Å². The van der Waals surface area contributed by atoms with Crippen LogP contribution < -0.4 is 10.1 Å². The number of esters is 1. The molecule has 0 fully saturated rings. The van der Waals surface area contributed by atoms with Crippen LogP contribution in [-0.4, -0.2) is 37.9 Å². The van der Waals surface area contributed by atoms with Crippen molar-refractivity contribution in [2.24, 2.45) is 0 Å². The van der Waals surface area contributed by atoms with Crippen LogP contribution in [0.2, 0.25) is 4.34 Å². The van der Waals surface area contributed by atoms with Gasteiger partial charge >= 0.3 is 12.1 Å². The second-order valence-corrected chi connectivity index (χ2v) is 6.70. The van der Waals surface area contributed by atoms with E-state index in [2.05, 4.69) is 10.1 Å². The maximum absolute atomic E-state index is 11.5. The third kappa shape index (κ3) is 6.22. The van der Waals surface area contributed by atoms with Crippen LogP contribution in [0.1, 0.15) is 30.4 Å². The van der Waals surface area contributed by atoms with Gasteiger partial charge in [-0.2, -0.15) is 0 Å². The van der Waals surface area contributed by atoms with Crippen LogP contribution in [0.25, 0.3) is 0 Å². The first kappa shape index (κ1) is 17.6. The third-order valence-electron chi connectivity index (χ3n) is 2.07. The van der Waals surface area contributed by atoms with E-state index in [9.17, 15) is 9.59 Å². The first-order chi connectivity index (χ1) is 9.73. The Hall–Kier alpha value is -1.47. The zero-order valence-electron chi connectivity index (χ0n) is 12.3. The first-order valence-corrected chi connectivity index (χ1v) is 7.39. The zero-order chi connectivity index (χ0) is 16.0. The summed E-state index contributed by atoms with van der Waals surface area (Å²) in [6.45, 7) is 5.75. The maximum Gasteiger partial charge on any atom is 0.407 e. The number of rotatable bonds is 5. The van der Waals surface area contributed by atoms with Crippen molar-refractivity contribution < 1.29 is 23.8 Å². The molecule has 1 rings (SSSR count). The Morgan fingerprint density at radius 2 is 2.05 bits per heavy atom. The fourth-order valence-corrected chi connectivity index (χ4v) is 2.39. The van der Waals surface area contributed by atoms with Gasteiger partial charge in [0.25, 0.3) is 0 Å². The number of alkyl carbamates (subject to hydrolysis) is 1. The van der Waals surface area contributed by atoms with Crippen molar-refractivity contribution in [3.8, 4) is 5.75 Å². The molecule has 21 heavy (non-hydrogen) atoms. The number of carbonyl (C=O) groups is 2. The number of amides is 1. The summed E-state index contributed by atoms with van der Waals surface area (Å²) in [5.74, 6) is -0.176. The molecule has 1 amide bonds. The van der Waals surface area contributed by atoms with E-state index < -0.39 is 17.7 Å². The van der Waals surface area contributed by atoms with E-state index in [4.69, 9.17) is 21.1 Å². The Bertz CT molecular complexity index is 509. The van der Waals surface area contributed by atoms with Gasteiger partial charge in [0.1, 0.15) is 18.0 Å². The normalized spacial score (nSPS) is 10.9. The summed E-state index contributed by atoms with van der Waals surface area (Å²) in [4.78, 5) is 23.2. The minimum atomic E-state index is -0.552. The molecule has 0 radical (unpaired) electrons. The molecule has 1 aromatic heterocycles. The fourth-order valence-electron chi connectivity index (χ4n) is 1.32. The number of methoxy groups -OCH3 is 1. The van der Waals surface area contributed by atoms with Crippen molar-refractivity contribution >= 4 is 35.0 Å². The molecule has 0 saturated carbocycles. The summed E-state index contributed by atoms with van der Waals surface area (Å²) in [5.41, 5.74) is -0.552. The molecule has 0 aliphatic rings. The van der Waals surface area contributed by atoms with Crippen LogP contribution >= 0.6 is 22.9 Å². The van der Waals surface area contributed by atoms with E-state index in [1.165, 1.54) is 13.2 Å². The fraction of sp³-hybridized carbons (Fsp3) is 0.538. The summed E-state index contributed by atoms with van der Waals surface area (Å²) in [6.07, 6.45) is -0.525. The van der Waals surface area contributed by atoms with Gasteiger partial charge in [-0.05, 0) is 20.8 Å². The van der Waals surface area contributed by atoms with Gasteiger partial charge in [0.15, 0.2) is 4.88 Å². The highest BCUT2D eigenvalue weighted by molar-refractivity contribution is 7.18. The quantitative estimate of drug-likeness (QED) is 0.661. The molecule has 0 atom stereocenters. The van der Waals surface area contributed by atoms with E-state index in [1.807, 2.05) is 0 Å². The maximum atomic E-state index is 11.5. The Kier molecular flexibility index (Phi) is 6.29. The van der Waals surface area contributed by atoms with E-state index in [0.29, 0.717) is 15.0 Å². The number of nitrogens with one attached hydrogen (secondary N) is 1. The lowest BCUT2D eigenvalue weighted by Gasteiger charge is -2.19. The first-order valence-electron chi connectivity index (χ1n) is 6.20. The lowest BCUT2D eigenvalue weighted by Crippen LogP contribution is -2.34. The van der Waals surface area contributed by atoms with Crippen molar-refractivity contribution in [1.82, 2.24) is 5.32 Å². The molecule has 0 unspecified atom stereocenters. The monoisotopic (exact) mass is 335 g/mol. The van der Waals surface area contributed by atoms with Crippen molar-refractivity contribution in [2.45, 2.75) is 26.4 Å². The average molecular weight is 336 g/mol. The summed E-state index contributed by atoms with van der Waals surface area (Å²) in [6, 6.07) is 1.53. The molecule has 0 aliphatic heterocycles. The minimum Gasteiger partial charge on any atom is -0.490 e. The zero-order valence-corrected chi connectivity index (χ0v) is 13.9. The summed E-state index contributed by atoms with van der Waals surface area (Å²) < 4.78 is 15.5. The van der Waals surface area contributed by atoms with Crippen LogP contribution in [0.3, 0.4) is 0 Å². The van der Waals surface area contributed by atoms with Gasteiger partial charge in [0.05, 0.1) is 18.0 Å². The van der Waals surface area contributed by atoms with Gasteiger partial charge in [-0.1, -0.05) is 11.6 Å². The van der Waals surface area contributed by atoms with Gasteiger partial charge < -0.3 is 19.5 Å². The third-order valence-corrected chi connectivity index (χ3v) is 3.29. The number of thiophene rings is 1. The molecule has 0 aromatic carbocycles. The lowest BCUT2D eigenvalue weighted by molar-refractivity contribution is 0.0516. The Morgan fingerprint density at radius 1 is 1.38 bits per heavy atom. The highest BCUT2D eigenvalue weighted by Gasteiger charge is 2.18. The van der Waals surface area contributed by atoms with Crippen molar-refractivity contribution in [3.63, 3.8) is 0 Å². The molecule has 0 saturated heterocycles. The standard InChI is InChI=1S/C13H18ClNO5S/c1-13(2,3)20-12(17)15-5-6-19-8-7-9(14)21-10(8)11(16)18-4/h7H,5-6H2,1-4H3,(H,15,17). The molecule has 0 spiro atoms. The predicted molar refractivity (Wildman–Crippen MR) is 80.4 cm³/mol. The van der Waals surface area contributed by atoms with Crippen molar-refractivity contribution in [1.29, 1.82) is 0 Å². The molecule has 1 N–H and O–H groups in total. The molecule has 1 aromatic rings. The summed E-state index contributed by atoms with van der Waals surface area (Å²) >= 11 is 6.92. The molecule has 118 valence electrons.